The van der Waals surface area contributed by atoms with Gasteiger partial charge in [0.1, 0.15) is 11.5 Å². The minimum absolute atomic E-state index is 0.581. The van der Waals surface area contributed by atoms with E-state index in [1.807, 2.05) is 12.1 Å². The van der Waals surface area contributed by atoms with E-state index in [1.54, 1.807) is 12.4 Å². The molecular formula is C20H22N4O2. The van der Waals surface area contributed by atoms with Crippen LogP contribution >= 0.6 is 0 Å². The molecule has 134 valence electrons. The van der Waals surface area contributed by atoms with Crippen molar-refractivity contribution in [2.24, 2.45) is 5.92 Å². The van der Waals surface area contributed by atoms with Crippen molar-refractivity contribution in [2.75, 3.05) is 0 Å². The zero-order valence-electron chi connectivity index (χ0n) is 14.8. The van der Waals surface area contributed by atoms with E-state index in [2.05, 4.69) is 39.1 Å². The monoisotopic (exact) mass is 350 g/mol. The van der Waals surface area contributed by atoms with Crippen LogP contribution in [-0.4, -0.2) is 26.1 Å². The Morgan fingerprint density at radius 3 is 2.81 bits per heavy atom. The van der Waals surface area contributed by atoms with Crippen LogP contribution in [0.3, 0.4) is 0 Å². The van der Waals surface area contributed by atoms with Crippen LogP contribution in [0.1, 0.15) is 49.5 Å². The molecule has 0 amide bonds. The molecule has 2 atom stereocenters. The molecule has 26 heavy (non-hydrogen) atoms. The maximum absolute atomic E-state index is 6.08. The maximum atomic E-state index is 6.08. The van der Waals surface area contributed by atoms with Crippen LogP contribution < -0.4 is 0 Å². The van der Waals surface area contributed by atoms with E-state index in [9.17, 15) is 0 Å². The Balaban J connectivity index is 1.28. The molecule has 0 spiro atoms. The lowest BCUT2D eigenvalue weighted by Crippen LogP contribution is -2.25. The van der Waals surface area contributed by atoms with E-state index in [1.165, 1.54) is 19.3 Å². The Morgan fingerprint density at radius 2 is 2.08 bits per heavy atom. The predicted molar refractivity (Wildman–Crippen MR) is 95.0 cm³/mol. The van der Waals surface area contributed by atoms with Crippen molar-refractivity contribution in [1.29, 1.82) is 0 Å². The van der Waals surface area contributed by atoms with Crippen LogP contribution in [0.5, 0.6) is 0 Å². The van der Waals surface area contributed by atoms with Gasteiger partial charge < -0.3 is 8.94 Å². The third kappa shape index (κ3) is 3.29. The van der Waals surface area contributed by atoms with Gasteiger partial charge in [-0.25, -0.2) is 0 Å². The van der Waals surface area contributed by atoms with Crippen LogP contribution in [0.15, 0.2) is 45.6 Å². The summed E-state index contributed by atoms with van der Waals surface area (Å²) in [6.45, 7) is 3.71. The lowest BCUT2D eigenvalue weighted by molar-refractivity contribution is 0.194. The van der Waals surface area contributed by atoms with Gasteiger partial charge in [0.2, 0.25) is 11.7 Å². The van der Waals surface area contributed by atoms with E-state index in [0.29, 0.717) is 30.2 Å². The molecule has 0 aromatic carbocycles. The predicted octanol–water partition coefficient (Wildman–Crippen LogP) is 4.01. The first-order chi connectivity index (χ1) is 12.8. The van der Waals surface area contributed by atoms with Crippen LogP contribution in [0, 0.1) is 5.92 Å². The third-order valence-corrected chi connectivity index (χ3v) is 5.31. The average molecular weight is 350 g/mol. The Morgan fingerprint density at radius 1 is 1.19 bits per heavy atom. The normalized spacial score (nSPS) is 22.1. The molecule has 6 heteroatoms. The Labute approximate surface area is 152 Å². The molecule has 3 aromatic rings. The molecular weight excluding hydrogens is 328 g/mol. The molecule has 0 radical (unpaired) electrons. The van der Waals surface area contributed by atoms with E-state index < -0.39 is 0 Å². The number of pyridine rings is 1. The first kappa shape index (κ1) is 15.8. The maximum Gasteiger partial charge on any atom is 0.241 e. The van der Waals surface area contributed by atoms with Crippen LogP contribution in [0.4, 0.5) is 0 Å². The number of aromatic nitrogens is 3. The summed E-state index contributed by atoms with van der Waals surface area (Å²) in [6.07, 6.45) is 7.17. The quantitative estimate of drug-likeness (QED) is 0.641. The van der Waals surface area contributed by atoms with Gasteiger partial charge in [0.25, 0.3) is 0 Å². The van der Waals surface area contributed by atoms with Crippen LogP contribution in [0.2, 0.25) is 0 Å². The molecule has 3 aromatic heterocycles. The fraction of sp³-hybridized carbons (Fsp3) is 0.450. The fourth-order valence-electron chi connectivity index (χ4n) is 3.46. The number of hydrogen-bond donors (Lipinski definition) is 0. The van der Waals surface area contributed by atoms with E-state index in [0.717, 1.165) is 29.5 Å². The number of nitrogens with zero attached hydrogens (tertiary/aromatic N) is 4. The first-order valence-corrected chi connectivity index (χ1v) is 9.32. The second-order valence-electron chi connectivity index (χ2n) is 7.51. The molecule has 2 aliphatic rings. The van der Waals surface area contributed by atoms with Gasteiger partial charge in [-0.15, -0.1) is 0 Å². The summed E-state index contributed by atoms with van der Waals surface area (Å²) in [5, 5.41) is 4.09. The largest absolute Gasteiger partial charge is 0.464 e. The minimum atomic E-state index is 0.581. The highest BCUT2D eigenvalue weighted by atomic mass is 16.5. The van der Waals surface area contributed by atoms with Crippen molar-refractivity contribution in [1.82, 2.24) is 20.0 Å². The summed E-state index contributed by atoms with van der Waals surface area (Å²) in [4.78, 5) is 11.0. The second kappa shape index (κ2) is 6.36. The van der Waals surface area contributed by atoms with Gasteiger partial charge >= 0.3 is 0 Å². The molecule has 0 aliphatic heterocycles. The summed E-state index contributed by atoms with van der Waals surface area (Å²) in [7, 11) is 0. The van der Waals surface area contributed by atoms with Crippen molar-refractivity contribution < 1.29 is 8.94 Å². The lowest BCUT2D eigenvalue weighted by Gasteiger charge is -2.18. The highest BCUT2D eigenvalue weighted by Crippen LogP contribution is 2.47. The van der Waals surface area contributed by atoms with Gasteiger partial charge in [-0.1, -0.05) is 12.1 Å². The van der Waals surface area contributed by atoms with Crippen LogP contribution in [0.25, 0.3) is 11.4 Å². The molecule has 5 rings (SSSR count). The second-order valence-corrected chi connectivity index (χ2v) is 7.51. The van der Waals surface area contributed by atoms with Crippen molar-refractivity contribution in [3.8, 4) is 11.4 Å². The number of rotatable bonds is 7. The molecule has 0 saturated heterocycles. The van der Waals surface area contributed by atoms with Gasteiger partial charge in [0, 0.05) is 29.9 Å². The smallest absolute Gasteiger partial charge is 0.241 e. The van der Waals surface area contributed by atoms with Gasteiger partial charge in [-0.05, 0) is 49.4 Å². The molecule has 0 unspecified atom stereocenters. The third-order valence-electron chi connectivity index (χ3n) is 5.31. The van der Waals surface area contributed by atoms with Crippen molar-refractivity contribution in [2.45, 2.75) is 51.2 Å². The zero-order valence-corrected chi connectivity index (χ0v) is 14.8. The first-order valence-electron chi connectivity index (χ1n) is 9.32. The molecule has 6 nitrogen and oxygen atoms in total. The van der Waals surface area contributed by atoms with Gasteiger partial charge in [-0.3, -0.25) is 9.88 Å². The highest BCUT2D eigenvalue weighted by Gasteiger charge is 2.37. The van der Waals surface area contributed by atoms with E-state index >= 15 is 0 Å². The molecule has 0 N–H and O–H groups in total. The van der Waals surface area contributed by atoms with Crippen molar-refractivity contribution in [3.05, 3.63) is 54.1 Å². The molecule has 3 heterocycles. The number of hydrogen-bond acceptors (Lipinski definition) is 6. The molecule has 2 saturated carbocycles. The SMILES string of the molecule is C[C@@H]1C[C@@H]1c1ccc(CN(Cc2nc(-c3cccnc3)no2)C2CC2)o1. The summed E-state index contributed by atoms with van der Waals surface area (Å²) in [5.41, 5.74) is 0.870. The fourth-order valence-corrected chi connectivity index (χ4v) is 3.46. The van der Waals surface area contributed by atoms with Gasteiger partial charge in [0.05, 0.1) is 13.1 Å². The van der Waals surface area contributed by atoms with Crippen LogP contribution in [-0.2, 0) is 13.1 Å². The minimum Gasteiger partial charge on any atom is -0.464 e. The van der Waals surface area contributed by atoms with E-state index in [-0.39, 0.29) is 0 Å². The summed E-state index contributed by atoms with van der Waals surface area (Å²) >= 11 is 0. The molecule has 2 aliphatic carbocycles. The molecule has 2 fully saturated rings. The Bertz CT molecular complexity index is 884. The highest BCUT2D eigenvalue weighted by molar-refractivity contribution is 5.51. The average Bonchev–Trinajstić information content (AvgIpc) is 3.54. The summed E-state index contributed by atoms with van der Waals surface area (Å²) < 4.78 is 11.6. The van der Waals surface area contributed by atoms with Crippen molar-refractivity contribution in [3.63, 3.8) is 0 Å². The molecule has 0 bridgehead atoms. The Hall–Kier alpha value is -2.47. The Kier molecular flexibility index (Phi) is 3.85. The van der Waals surface area contributed by atoms with Gasteiger partial charge in [-0.2, -0.15) is 4.98 Å². The standard InChI is InChI=1S/C20H22N4O2/c1-13-9-17(13)18-7-6-16(25-18)11-24(15-4-5-15)12-19-22-20(23-26-19)14-3-2-8-21-10-14/h2-3,6-8,10,13,15,17H,4-5,9,11-12H2,1H3/t13-,17+/m1/s1. The summed E-state index contributed by atoms with van der Waals surface area (Å²) in [6, 6.07) is 8.64. The van der Waals surface area contributed by atoms with Crippen molar-refractivity contribution >= 4 is 0 Å². The topological polar surface area (TPSA) is 68.2 Å². The number of furan rings is 1. The van der Waals surface area contributed by atoms with Gasteiger partial charge in [0.15, 0.2) is 0 Å². The van der Waals surface area contributed by atoms with E-state index in [4.69, 9.17) is 8.94 Å². The summed E-state index contributed by atoms with van der Waals surface area (Å²) in [5.74, 6) is 4.78. The lowest BCUT2D eigenvalue weighted by atomic mass is 10.3. The zero-order chi connectivity index (χ0) is 17.5.